The normalized spacial score (nSPS) is 7.50. The van der Waals surface area contributed by atoms with Crippen LogP contribution in [0, 0.1) is 0 Å². The molecule has 0 amide bonds. The fraction of sp³-hybridized carbons (Fsp3) is 0. The molecule has 0 rings (SSSR count). The predicted octanol–water partition coefficient (Wildman–Crippen LogP) is -4.82. The molecule has 4 nitrogen and oxygen atoms in total. The molecule has 0 aliphatic carbocycles. The van der Waals surface area contributed by atoms with Crippen molar-refractivity contribution in [2.75, 3.05) is 0 Å². The maximum absolute atomic E-state index is 7.33. The van der Waals surface area contributed by atoms with Crippen LogP contribution < -0.4 is 0 Å². The van der Waals surface area contributed by atoms with Gasteiger partial charge in [-0.05, 0) is 0 Å². The molecule has 0 atom stereocenters. The summed E-state index contributed by atoms with van der Waals surface area (Å²) in [7, 11) is -4.61. The van der Waals surface area contributed by atoms with Gasteiger partial charge in [0.05, 0.1) is 0 Å². The van der Waals surface area contributed by atoms with Crippen molar-refractivity contribution in [3.63, 3.8) is 0 Å². The third kappa shape index (κ3) is 54.6. The second-order valence-corrected chi connectivity index (χ2v) is 1.80. The molecule has 0 unspecified atom stereocenters. The minimum absolute atomic E-state index is 0. The molecule has 0 heterocycles. The van der Waals surface area contributed by atoms with E-state index in [-0.39, 0.29) is 108 Å². The Morgan fingerprint density at radius 2 is 0.875 bits per heavy atom. The molecule has 8 heteroatoms. The Hall–Kier alpha value is 3.62. The first-order valence-corrected chi connectivity index (χ1v) is 2.68. The molecular formula is H8KNaO4PbSi. The van der Waals surface area contributed by atoms with Crippen molar-refractivity contribution in [3.05, 3.63) is 0 Å². The zero-order valence-electron chi connectivity index (χ0n) is 3.00. The van der Waals surface area contributed by atoms with E-state index >= 15 is 0 Å². The first-order valence-electron chi connectivity index (χ1n) is 0.894. The van der Waals surface area contributed by atoms with Crippen LogP contribution in [0.25, 0.3) is 0 Å². The Bertz CT molecular complexity index is 31.5. The van der Waals surface area contributed by atoms with Gasteiger partial charge in [-0.1, -0.05) is 0 Å². The Labute approximate surface area is 133 Å². The van der Waals surface area contributed by atoms with Crippen LogP contribution in [0.3, 0.4) is 0 Å². The fourth-order valence-corrected chi connectivity index (χ4v) is 0. The zero-order chi connectivity index (χ0) is 4.50. The molecule has 0 bridgehead atoms. The SMILES string of the molecule is O[Si](O)(O)O.[KH].[NaH].[PbH2]. The minimum atomic E-state index is -4.61. The molecule has 0 saturated carbocycles. The van der Waals surface area contributed by atoms with Gasteiger partial charge >= 0.3 is 117 Å². The van der Waals surface area contributed by atoms with Crippen LogP contribution >= 0.6 is 0 Å². The Morgan fingerprint density at radius 1 is 0.875 bits per heavy atom. The summed E-state index contributed by atoms with van der Waals surface area (Å²) >= 11 is 0. The van der Waals surface area contributed by atoms with Crippen molar-refractivity contribution in [1.29, 1.82) is 0 Å². The first kappa shape index (κ1) is 22.6. The Kier molecular flexibility index (Phi) is 29.9. The summed E-state index contributed by atoms with van der Waals surface area (Å²) < 4.78 is 0. The van der Waals surface area contributed by atoms with Crippen molar-refractivity contribution >= 4 is 117 Å². The summed E-state index contributed by atoms with van der Waals surface area (Å²) in [6, 6.07) is 0. The van der Waals surface area contributed by atoms with Crippen LogP contribution in [0.5, 0.6) is 0 Å². The number of hydrogen-bond donors (Lipinski definition) is 4. The molecule has 0 spiro atoms. The summed E-state index contributed by atoms with van der Waals surface area (Å²) in [4.78, 5) is 29.3. The van der Waals surface area contributed by atoms with Gasteiger partial charge in [0.15, 0.2) is 0 Å². The van der Waals surface area contributed by atoms with Crippen molar-refractivity contribution in [2.45, 2.75) is 0 Å². The summed E-state index contributed by atoms with van der Waals surface area (Å²) in [5, 5.41) is 0. The summed E-state index contributed by atoms with van der Waals surface area (Å²) in [5.74, 6) is 0. The van der Waals surface area contributed by atoms with Gasteiger partial charge in [0.25, 0.3) is 0 Å². The number of rotatable bonds is 0. The Morgan fingerprint density at radius 3 is 0.875 bits per heavy atom. The Balaban J connectivity index is -0.0000000267. The molecule has 0 aliphatic rings. The standard InChI is InChI=1S/K.Na.H4O4Si.Pb.4H/c;;1-5(2,3)4;;;;;/h;;1-4H;;;;;. The fourth-order valence-electron chi connectivity index (χ4n) is 0. The average Bonchev–Trinajstić information content (AvgIpc) is 0.722. The molecule has 2 radical (unpaired) electrons. The van der Waals surface area contributed by atoms with Crippen molar-refractivity contribution in [2.24, 2.45) is 0 Å². The molecule has 4 N–H and O–H groups in total. The van der Waals surface area contributed by atoms with Gasteiger partial charge in [-0.25, -0.2) is 0 Å². The first-order chi connectivity index (χ1) is 2.00. The van der Waals surface area contributed by atoms with Gasteiger partial charge in [0.1, 0.15) is 0 Å². The quantitative estimate of drug-likeness (QED) is 0.323. The van der Waals surface area contributed by atoms with Gasteiger partial charge in [-0.3, -0.25) is 0 Å². The van der Waals surface area contributed by atoms with Gasteiger partial charge < -0.3 is 19.2 Å². The van der Waals surface area contributed by atoms with Gasteiger partial charge in [0, 0.05) is 0 Å². The molecule has 0 fully saturated rings. The molecule has 0 aromatic heterocycles. The van der Waals surface area contributed by atoms with Crippen molar-refractivity contribution in [1.82, 2.24) is 0 Å². The van der Waals surface area contributed by atoms with Crippen LogP contribution in [-0.2, 0) is 0 Å². The summed E-state index contributed by atoms with van der Waals surface area (Å²) in [6.45, 7) is 0. The van der Waals surface area contributed by atoms with Gasteiger partial charge in [-0.2, -0.15) is 0 Å². The van der Waals surface area contributed by atoms with Crippen molar-refractivity contribution < 1.29 is 19.2 Å². The molecule has 0 saturated heterocycles. The maximum atomic E-state index is 7.33. The van der Waals surface area contributed by atoms with E-state index in [9.17, 15) is 0 Å². The predicted molar refractivity (Wildman–Crippen MR) is 37.5 cm³/mol. The third-order valence-corrected chi connectivity index (χ3v) is 0. The van der Waals surface area contributed by atoms with E-state index in [2.05, 4.69) is 0 Å². The zero-order valence-corrected chi connectivity index (χ0v) is 9.49. The van der Waals surface area contributed by atoms with Crippen LogP contribution in [0.1, 0.15) is 0 Å². The van der Waals surface area contributed by atoms with E-state index in [1.165, 1.54) is 0 Å². The molecule has 0 aromatic rings. The number of hydrogen-bond acceptors (Lipinski definition) is 4. The van der Waals surface area contributed by atoms with E-state index in [4.69, 9.17) is 19.2 Å². The van der Waals surface area contributed by atoms with Crippen LogP contribution in [0.15, 0.2) is 0 Å². The summed E-state index contributed by atoms with van der Waals surface area (Å²) in [5.41, 5.74) is 0. The molecule has 0 aliphatic heterocycles. The molecule has 0 aromatic carbocycles. The molecule has 8 heavy (non-hydrogen) atoms. The third-order valence-electron chi connectivity index (χ3n) is 0. The summed E-state index contributed by atoms with van der Waals surface area (Å²) in [6.07, 6.45) is 0. The average molecular weight is 369 g/mol. The van der Waals surface area contributed by atoms with E-state index in [0.29, 0.717) is 0 Å². The van der Waals surface area contributed by atoms with E-state index in [1.54, 1.807) is 0 Å². The van der Waals surface area contributed by atoms with Crippen LogP contribution in [0.2, 0.25) is 0 Å². The van der Waals surface area contributed by atoms with E-state index in [0.717, 1.165) is 0 Å². The van der Waals surface area contributed by atoms with Gasteiger partial charge in [-0.15, -0.1) is 0 Å². The van der Waals surface area contributed by atoms with Crippen LogP contribution in [0.4, 0.5) is 0 Å². The molecular weight excluding hydrogens is 361 g/mol. The van der Waals surface area contributed by atoms with Crippen molar-refractivity contribution in [3.8, 4) is 0 Å². The topological polar surface area (TPSA) is 80.9 Å². The molecule has 42 valence electrons. The van der Waals surface area contributed by atoms with E-state index in [1.807, 2.05) is 0 Å². The van der Waals surface area contributed by atoms with Gasteiger partial charge in [0.2, 0.25) is 0 Å². The second kappa shape index (κ2) is 10.6. The van der Waals surface area contributed by atoms with Crippen LogP contribution in [-0.4, -0.2) is 136 Å². The second-order valence-electron chi connectivity index (χ2n) is 0.600. The monoisotopic (exact) mass is 370 g/mol. The van der Waals surface area contributed by atoms with E-state index < -0.39 is 9.05 Å².